The molecule has 1 atom stereocenters. The molecule has 2 heterocycles. The number of halogens is 1. The van der Waals surface area contributed by atoms with Gasteiger partial charge in [0.1, 0.15) is 23.0 Å². The predicted molar refractivity (Wildman–Crippen MR) is 134 cm³/mol. The molecule has 5 rings (SSSR count). The van der Waals surface area contributed by atoms with E-state index in [4.69, 9.17) is 26.1 Å². The molecule has 34 heavy (non-hydrogen) atoms. The van der Waals surface area contributed by atoms with E-state index in [1.807, 2.05) is 60.4 Å². The summed E-state index contributed by atoms with van der Waals surface area (Å²) in [5.41, 5.74) is 3.28. The predicted octanol–water partition coefficient (Wildman–Crippen LogP) is 5.69. The van der Waals surface area contributed by atoms with Crippen LogP contribution >= 0.6 is 11.6 Å². The van der Waals surface area contributed by atoms with Gasteiger partial charge in [-0.2, -0.15) is 0 Å². The van der Waals surface area contributed by atoms with Gasteiger partial charge in [0.15, 0.2) is 5.75 Å². The zero-order valence-corrected chi connectivity index (χ0v) is 20.2. The van der Waals surface area contributed by atoms with Gasteiger partial charge in [0.25, 0.3) is 5.91 Å². The largest absolute Gasteiger partial charge is 0.497 e. The summed E-state index contributed by atoms with van der Waals surface area (Å²) < 4.78 is 11.8. The van der Waals surface area contributed by atoms with Crippen molar-refractivity contribution >= 4 is 29.0 Å². The number of aliphatic imine (C=N–C) groups is 1. The van der Waals surface area contributed by atoms with Crippen LogP contribution in [0.3, 0.4) is 0 Å². The van der Waals surface area contributed by atoms with Crippen LogP contribution in [0, 0.1) is 6.92 Å². The number of rotatable bonds is 2. The molecule has 0 radical (unpaired) electrons. The highest BCUT2D eigenvalue weighted by Crippen LogP contribution is 2.40. The van der Waals surface area contributed by atoms with Crippen molar-refractivity contribution < 1.29 is 14.3 Å². The number of carbonyl (C=O) groups is 1. The molecular formula is C27H26ClN3O3. The molecule has 0 spiro atoms. The minimum Gasteiger partial charge on any atom is -0.497 e. The van der Waals surface area contributed by atoms with E-state index in [0.717, 1.165) is 39.9 Å². The van der Waals surface area contributed by atoms with Gasteiger partial charge < -0.3 is 19.3 Å². The fraction of sp³-hybridized carbons (Fsp3) is 0.259. The van der Waals surface area contributed by atoms with Gasteiger partial charge in [-0.25, -0.2) is 4.99 Å². The second kappa shape index (κ2) is 9.03. The molecular weight excluding hydrogens is 450 g/mol. The SMILES string of the molecule is COc1ccc2c(c1)C(N1CCN(C(=O)c3ccccc3Cl)[C@@H](C)C1)=Nc1ccc(C)cc1O2. The molecule has 3 aromatic rings. The summed E-state index contributed by atoms with van der Waals surface area (Å²) in [5, 5.41) is 0.473. The zero-order chi connectivity index (χ0) is 23.8. The summed E-state index contributed by atoms with van der Waals surface area (Å²) >= 11 is 6.30. The van der Waals surface area contributed by atoms with E-state index in [0.29, 0.717) is 30.2 Å². The lowest BCUT2D eigenvalue weighted by atomic mass is 10.1. The van der Waals surface area contributed by atoms with E-state index in [9.17, 15) is 4.79 Å². The van der Waals surface area contributed by atoms with Crippen LogP contribution in [-0.4, -0.2) is 54.3 Å². The molecule has 0 aliphatic carbocycles. The topological polar surface area (TPSA) is 54.4 Å². The molecule has 6 nitrogen and oxygen atoms in total. The van der Waals surface area contributed by atoms with Gasteiger partial charge in [0.05, 0.1) is 23.3 Å². The van der Waals surface area contributed by atoms with E-state index < -0.39 is 0 Å². The maximum absolute atomic E-state index is 13.2. The number of hydrogen-bond acceptors (Lipinski definition) is 5. The first-order valence-electron chi connectivity index (χ1n) is 11.3. The van der Waals surface area contributed by atoms with Crippen molar-refractivity contribution in [3.05, 3.63) is 82.4 Å². The highest BCUT2D eigenvalue weighted by molar-refractivity contribution is 6.33. The molecule has 174 valence electrons. The first-order valence-corrected chi connectivity index (χ1v) is 11.7. The van der Waals surface area contributed by atoms with Crippen LogP contribution in [0.25, 0.3) is 0 Å². The molecule has 0 unspecified atom stereocenters. The summed E-state index contributed by atoms with van der Waals surface area (Å²) in [6, 6.07) is 18.9. The number of amidine groups is 1. The second-order valence-corrected chi connectivity index (χ2v) is 9.05. The number of nitrogens with zero attached hydrogens (tertiary/aromatic N) is 3. The summed E-state index contributed by atoms with van der Waals surface area (Å²) in [6.07, 6.45) is 0. The molecule has 0 aromatic heterocycles. The number of fused-ring (bicyclic) bond motifs is 2. The smallest absolute Gasteiger partial charge is 0.255 e. The van der Waals surface area contributed by atoms with Crippen molar-refractivity contribution in [2.24, 2.45) is 4.99 Å². The Labute approximate surface area is 204 Å². The van der Waals surface area contributed by atoms with E-state index >= 15 is 0 Å². The third-order valence-electron chi connectivity index (χ3n) is 6.28. The summed E-state index contributed by atoms with van der Waals surface area (Å²) in [4.78, 5) is 22.3. The van der Waals surface area contributed by atoms with Gasteiger partial charge in [-0.1, -0.05) is 29.8 Å². The first-order chi connectivity index (χ1) is 16.4. The van der Waals surface area contributed by atoms with Gasteiger partial charge in [-0.3, -0.25) is 4.79 Å². The molecule has 1 saturated heterocycles. The zero-order valence-electron chi connectivity index (χ0n) is 19.4. The molecule has 1 fully saturated rings. The van der Waals surface area contributed by atoms with Crippen LogP contribution in [0.1, 0.15) is 28.4 Å². The van der Waals surface area contributed by atoms with Crippen LogP contribution < -0.4 is 9.47 Å². The van der Waals surface area contributed by atoms with Gasteiger partial charge >= 0.3 is 0 Å². The minimum atomic E-state index is -0.0493. The lowest BCUT2D eigenvalue weighted by Gasteiger charge is -2.41. The van der Waals surface area contributed by atoms with E-state index in [2.05, 4.69) is 11.8 Å². The highest BCUT2D eigenvalue weighted by atomic mass is 35.5. The number of ether oxygens (including phenoxy) is 2. The Morgan fingerprint density at radius 3 is 2.68 bits per heavy atom. The summed E-state index contributed by atoms with van der Waals surface area (Å²) in [6.45, 7) is 5.92. The fourth-order valence-electron chi connectivity index (χ4n) is 4.47. The van der Waals surface area contributed by atoms with Crippen molar-refractivity contribution in [1.29, 1.82) is 0 Å². The lowest BCUT2D eigenvalue weighted by Crippen LogP contribution is -2.55. The Kier molecular flexibility index (Phi) is 5.92. The van der Waals surface area contributed by atoms with Crippen molar-refractivity contribution in [3.8, 4) is 17.2 Å². The standard InChI is InChI=1S/C27H26ClN3O3/c1-17-8-10-23-25(14-17)34-24-11-9-19(33-3)15-21(24)26(29-23)30-12-13-31(18(2)16-30)27(32)20-6-4-5-7-22(20)28/h4-11,14-15,18H,12-13,16H2,1-3H3/t18-/m0/s1. The van der Waals surface area contributed by atoms with Crippen LogP contribution in [0.4, 0.5) is 5.69 Å². The van der Waals surface area contributed by atoms with Gasteiger partial charge in [-0.15, -0.1) is 0 Å². The van der Waals surface area contributed by atoms with Crippen molar-refractivity contribution in [3.63, 3.8) is 0 Å². The molecule has 2 aliphatic rings. The molecule has 3 aromatic carbocycles. The van der Waals surface area contributed by atoms with Crippen LogP contribution in [0.15, 0.2) is 65.7 Å². The third kappa shape index (κ3) is 4.10. The lowest BCUT2D eigenvalue weighted by molar-refractivity contribution is 0.0581. The fourth-order valence-corrected chi connectivity index (χ4v) is 4.69. The average Bonchev–Trinajstić information content (AvgIpc) is 2.99. The second-order valence-electron chi connectivity index (χ2n) is 8.64. The third-order valence-corrected chi connectivity index (χ3v) is 6.61. The maximum Gasteiger partial charge on any atom is 0.255 e. The molecule has 0 saturated carbocycles. The molecule has 7 heteroatoms. The summed E-state index contributed by atoms with van der Waals surface area (Å²) in [7, 11) is 1.65. The quantitative estimate of drug-likeness (QED) is 0.478. The Hall–Kier alpha value is -3.51. The van der Waals surface area contributed by atoms with Crippen LogP contribution in [0.2, 0.25) is 5.02 Å². The number of hydrogen-bond donors (Lipinski definition) is 0. The molecule has 2 aliphatic heterocycles. The number of methoxy groups -OCH3 is 1. The number of piperazine rings is 1. The number of benzene rings is 3. The Bertz CT molecular complexity index is 1290. The Balaban J connectivity index is 1.49. The minimum absolute atomic E-state index is 0.0315. The van der Waals surface area contributed by atoms with E-state index in [1.54, 1.807) is 19.2 Å². The number of aryl methyl sites for hydroxylation is 1. The van der Waals surface area contributed by atoms with Gasteiger partial charge in [-0.05, 0) is 61.9 Å². The molecule has 0 N–H and O–H groups in total. The van der Waals surface area contributed by atoms with Gasteiger partial charge in [0.2, 0.25) is 0 Å². The van der Waals surface area contributed by atoms with Crippen molar-refractivity contribution in [2.75, 3.05) is 26.7 Å². The molecule has 0 bridgehead atoms. The first kappa shape index (κ1) is 22.3. The monoisotopic (exact) mass is 475 g/mol. The van der Waals surface area contributed by atoms with Crippen molar-refractivity contribution in [2.45, 2.75) is 19.9 Å². The highest BCUT2D eigenvalue weighted by Gasteiger charge is 2.32. The van der Waals surface area contributed by atoms with E-state index in [-0.39, 0.29) is 11.9 Å². The molecule has 1 amide bonds. The Morgan fingerprint density at radius 2 is 1.91 bits per heavy atom. The number of amides is 1. The summed E-state index contributed by atoms with van der Waals surface area (Å²) in [5.74, 6) is 2.95. The maximum atomic E-state index is 13.2. The van der Waals surface area contributed by atoms with Crippen LogP contribution in [0.5, 0.6) is 17.2 Å². The van der Waals surface area contributed by atoms with Gasteiger partial charge in [0, 0.05) is 25.7 Å². The normalized spacial score (nSPS) is 17.2. The van der Waals surface area contributed by atoms with Crippen LogP contribution in [-0.2, 0) is 0 Å². The van der Waals surface area contributed by atoms with Crippen molar-refractivity contribution in [1.82, 2.24) is 9.80 Å². The van der Waals surface area contributed by atoms with E-state index in [1.165, 1.54) is 0 Å². The Morgan fingerprint density at radius 1 is 1.09 bits per heavy atom. The average molecular weight is 476 g/mol. The number of carbonyl (C=O) groups excluding carboxylic acids is 1.